The van der Waals surface area contributed by atoms with Gasteiger partial charge in [-0.15, -0.1) is 10.2 Å². The molecule has 19 heavy (non-hydrogen) atoms. The van der Waals surface area contributed by atoms with Crippen molar-refractivity contribution in [3.8, 4) is 0 Å². The summed E-state index contributed by atoms with van der Waals surface area (Å²) in [5.41, 5.74) is 5.64. The lowest BCUT2D eigenvalue weighted by atomic mass is 10.3. The van der Waals surface area contributed by atoms with Crippen LogP contribution in [0.4, 0.5) is 10.1 Å². The third kappa shape index (κ3) is 3.05. The summed E-state index contributed by atoms with van der Waals surface area (Å²) in [5.74, 6) is -0.782. The first-order valence-corrected chi connectivity index (χ1v) is 7.14. The molecule has 0 unspecified atom stereocenters. The van der Waals surface area contributed by atoms with Crippen molar-refractivity contribution in [3.05, 3.63) is 28.2 Å². The van der Waals surface area contributed by atoms with E-state index in [1.54, 1.807) is 0 Å². The first kappa shape index (κ1) is 13.8. The molecule has 0 saturated carbocycles. The number of anilines is 1. The molecule has 2 rings (SSSR count). The van der Waals surface area contributed by atoms with Crippen molar-refractivity contribution in [2.24, 2.45) is 0 Å². The summed E-state index contributed by atoms with van der Waals surface area (Å²) in [4.78, 5) is -0.545. The Labute approximate surface area is 115 Å². The number of aromatic nitrogens is 4. The van der Waals surface area contributed by atoms with Crippen molar-refractivity contribution < 1.29 is 12.8 Å². The van der Waals surface area contributed by atoms with Crippen LogP contribution in [0, 0.1) is 5.82 Å². The van der Waals surface area contributed by atoms with E-state index in [9.17, 15) is 12.8 Å². The number of hydrogen-bond acceptors (Lipinski definition) is 6. The number of benzene rings is 1. The highest BCUT2D eigenvalue weighted by atomic mass is 79.9. The van der Waals surface area contributed by atoms with Gasteiger partial charge in [-0.05, 0) is 28.1 Å². The van der Waals surface area contributed by atoms with Crippen LogP contribution >= 0.6 is 15.9 Å². The molecule has 0 radical (unpaired) electrons. The fraction of sp³-hybridized carbons (Fsp3) is 0.125. The maximum atomic E-state index is 13.6. The number of nitrogens with one attached hydrogen (secondary N) is 2. The Bertz CT molecular complexity index is 690. The minimum Gasteiger partial charge on any atom is -0.398 e. The molecule has 0 aliphatic carbocycles. The zero-order valence-electron chi connectivity index (χ0n) is 9.26. The van der Waals surface area contributed by atoms with Crippen molar-refractivity contribution in [1.29, 1.82) is 0 Å². The summed E-state index contributed by atoms with van der Waals surface area (Å²) in [6.45, 7) is -0.214. The monoisotopic (exact) mass is 350 g/mol. The van der Waals surface area contributed by atoms with E-state index in [2.05, 4.69) is 41.3 Å². The Morgan fingerprint density at radius 1 is 1.47 bits per heavy atom. The second kappa shape index (κ2) is 5.19. The summed E-state index contributed by atoms with van der Waals surface area (Å²) < 4.78 is 39.9. The highest BCUT2D eigenvalue weighted by Crippen LogP contribution is 2.25. The number of nitrogens with zero attached hydrogens (tertiary/aromatic N) is 3. The molecule has 2 aromatic rings. The standard InChI is InChI=1S/C8H8BrFN6O2S/c9-4-1-5(10)7(2-6(4)11)19(17,18)12-3-8-13-15-16-14-8/h1-2,12H,3,11H2,(H,13,14,15,16). The van der Waals surface area contributed by atoms with Crippen LogP contribution in [-0.4, -0.2) is 29.0 Å². The normalized spacial score (nSPS) is 11.7. The van der Waals surface area contributed by atoms with Gasteiger partial charge in [-0.3, -0.25) is 0 Å². The number of H-pyrrole nitrogens is 1. The lowest BCUT2D eigenvalue weighted by Gasteiger charge is -2.08. The van der Waals surface area contributed by atoms with E-state index in [0.29, 0.717) is 0 Å². The largest absolute Gasteiger partial charge is 0.398 e. The molecule has 1 aromatic carbocycles. The predicted molar refractivity (Wildman–Crippen MR) is 66.7 cm³/mol. The van der Waals surface area contributed by atoms with Gasteiger partial charge in [0.1, 0.15) is 10.7 Å². The molecule has 1 aromatic heterocycles. The van der Waals surface area contributed by atoms with E-state index >= 15 is 0 Å². The number of tetrazole rings is 1. The molecular formula is C8H8BrFN6O2S. The molecule has 0 bridgehead atoms. The summed E-state index contributed by atoms with van der Waals surface area (Å²) in [6, 6.07) is 2.01. The second-order valence-corrected chi connectivity index (χ2v) is 6.05. The van der Waals surface area contributed by atoms with Gasteiger partial charge in [0.25, 0.3) is 0 Å². The van der Waals surface area contributed by atoms with Crippen LogP contribution in [0.3, 0.4) is 0 Å². The number of sulfonamides is 1. The van der Waals surface area contributed by atoms with E-state index in [-0.39, 0.29) is 22.5 Å². The van der Waals surface area contributed by atoms with Crippen molar-refractivity contribution in [1.82, 2.24) is 25.3 Å². The molecule has 102 valence electrons. The van der Waals surface area contributed by atoms with Gasteiger partial charge in [0.15, 0.2) is 5.82 Å². The summed E-state index contributed by atoms with van der Waals surface area (Å²) in [5, 5.41) is 12.6. The number of halogens is 2. The van der Waals surface area contributed by atoms with Gasteiger partial charge in [-0.25, -0.2) is 17.5 Å². The van der Waals surface area contributed by atoms with Crippen LogP contribution in [0.5, 0.6) is 0 Å². The van der Waals surface area contributed by atoms with Gasteiger partial charge in [0.2, 0.25) is 10.0 Å². The van der Waals surface area contributed by atoms with Crippen molar-refractivity contribution in [3.63, 3.8) is 0 Å². The van der Waals surface area contributed by atoms with Crippen LogP contribution in [0.1, 0.15) is 5.82 Å². The van der Waals surface area contributed by atoms with Gasteiger partial charge in [0, 0.05) is 10.2 Å². The Balaban J connectivity index is 2.27. The molecular weight excluding hydrogens is 343 g/mol. The van der Waals surface area contributed by atoms with Crippen LogP contribution in [-0.2, 0) is 16.6 Å². The molecule has 0 aliphatic heterocycles. The molecule has 0 atom stereocenters. The zero-order valence-corrected chi connectivity index (χ0v) is 11.7. The number of rotatable bonds is 4. The Morgan fingerprint density at radius 2 is 2.21 bits per heavy atom. The van der Waals surface area contributed by atoms with Crippen LogP contribution in [0.15, 0.2) is 21.5 Å². The van der Waals surface area contributed by atoms with Gasteiger partial charge in [-0.2, -0.15) is 5.21 Å². The lowest BCUT2D eigenvalue weighted by molar-refractivity contribution is 0.555. The van der Waals surface area contributed by atoms with Crippen molar-refractivity contribution in [2.45, 2.75) is 11.4 Å². The topological polar surface area (TPSA) is 127 Å². The van der Waals surface area contributed by atoms with E-state index in [1.165, 1.54) is 0 Å². The van der Waals surface area contributed by atoms with E-state index in [1.807, 2.05) is 0 Å². The van der Waals surface area contributed by atoms with E-state index < -0.39 is 20.7 Å². The van der Waals surface area contributed by atoms with Crippen LogP contribution in [0.25, 0.3) is 0 Å². The molecule has 4 N–H and O–H groups in total. The second-order valence-electron chi connectivity index (χ2n) is 3.46. The zero-order chi connectivity index (χ0) is 14.0. The highest BCUT2D eigenvalue weighted by Gasteiger charge is 2.21. The van der Waals surface area contributed by atoms with E-state index in [0.717, 1.165) is 12.1 Å². The average Bonchev–Trinajstić information content (AvgIpc) is 2.84. The molecule has 11 heteroatoms. The molecule has 0 saturated heterocycles. The maximum Gasteiger partial charge on any atom is 0.243 e. The first-order chi connectivity index (χ1) is 8.90. The number of aromatic amines is 1. The highest BCUT2D eigenvalue weighted by molar-refractivity contribution is 9.10. The fourth-order valence-electron chi connectivity index (χ4n) is 1.25. The SMILES string of the molecule is Nc1cc(S(=O)(=O)NCc2nn[nH]n2)c(F)cc1Br. The van der Waals surface area contributed by atoms with Crippen molar-refractivity contribution >= 4 is 31.6 Å². The average molecular weight is 351 g/mol. The summed E-state index contributed by atoms with van der Waals surface area (Å²) in [6.07, 6.45) is 0. The number of nitrogens with two attached hydrogens (primary N) is 1. The molecule has 0 aliphatic rings. The lowest BCUT2D eigenvalue weighted by Crippen LogP contribution is -2.25. The molecule has 0 amide bonds. The molecule has 0 fully saturated rings. The third-order valence-corrected chi connectivity index (χ3v) is 4.25. The molecule has 8 nitrogen and oxygen atoms in total. The first-order valence-electron chi connectivity index (χ1n) is 4.86. The summed E-state index contributed by atoms with van der Waals surface area (Å²) >= 11 is 3.00. The quantitative estimate of drug-likeness (QED) is 0.674. The number of nitrogen functional groups attached to an aromatic ring is 1. The minimum absolute atomic E-state index is 0.112. The Kier molecular flexibility index (Phi) is 3.78. The van der Waals surface area contributed by atoms with E-state index in [4.69, 9.17) is 5.73 Å². The Hall–Kier alpha value is -1.59. The molecule has 0 spiro atoms. The van der Waals surface area contributed by atoms with Crippen LogP contribution in [0.2, 0.25) is 0 Å². The van der Waals surface area contributed by atoms with Gasteiger partial charge >= 0.3 is 0 Å². The molecule has 1 heterocycles. The maximum absolute atomic E-state index is 13.6. The van der Waals surface area contributed by atoms with Crippen LogP contribution < -0.4 is 10.5 Å². The third-order valence-electron chi connectivity index (χ3n) is 2.15. The minimum atomic E-state index is -4.05. The van der Waals surface area contributed by atoms with Gasteiger partial charge in [-0.1, -0.05) is 5.21 Å². The fourth-order valence-corrected chi connectivity index (χ4v) is 2.63. The number of hydrogen-bond donors (Lipinski definition) is 3. The van der Waals surface area contributed by atoms with Gasteiger partial charge < -0.3 is 5.73 Å². The predicted octanol–water partition coefficient (Wildman–Crippen LogP) is 0.162. The van der Waals surface area contributed by atoms with Gasteiger partial charge in [0.05, 0.1) is 6.54 Å². The Morgan fingerprint density at radius 3 is 2.84 bits per heavy atom. The van der Waals surface area contributed by atoms with Crippen molar-refractivity contribution in [2.75, 3.05) is 5.73 Å². The summed E-state index contributed by atoms with van der Waals surface area (Å²) in [7, 11) is -4.05. The smallest absolute Gasteiger partial charge is 0.243 e.